The van der Waals surface area contributed by atoms with Gasteiger partial charge in [-0.3, -0.25) is 9.69 Å². The first-order valence-electron chi connectivity index (χ1n) is 8.58. The van der Waals surface area contributed by atoms with Gasteiger partial charge in [0.15, 0.2) is 0 Å². The van der Waals surface area contributed by atoms with Gasteiger partial charge in [-0.1, -0.05) is 30.3 Å². The molecule has 4 nitrogen and oxygen atoms in total. The Bertz CT molecular complexity index is 541. The SMILES string of the molecule is O=C([C@@H]1CCCN(Cc2ccccc2)C1)N1CCO[C@H](C(F)F)C1. The molecule has 0 aliphatic carbocycles. The summed E-state index contributed by atoms with van der Waals surface area (Å²) < 4.78 is 30.7. The van der Waals surface area contributed by atoms with Gasteiger partial charge in [0.2, 0.25) is 5.91 Å². The Hall–Kier alpha value is -1.53. The molecule has 2 aliphatic rings. The van der Waals surface area contributed by atoms with Crippen LogP contribution in [0.1, 0.15) is 18.4 Å². The molecular formula is C18H24F2N2O2. The Kier molecular flexibility index (Phi) is 5.79. The quantitative estimate of drug-likeness (QED) is 0.845. The zero-order valence-corrected chi connectivity index (χ0v) is 13.7. The lowest BCUT2D eigenvalue weighted by molar-refractivity contribution is -0.152. The zero-order chi connectivity index (χ0) is 16.9. The molecule has 0 radical (unpaired) electrons. The summed E-state index contributed by atoms with van der Waals surface area (Å²) in [4.78, 5) is 16.6. The fraction of sp³-hybridized carbons (Fsp3) is 0.611. The van der Waals surface area contributed by atoms with Gasteiger partial charge in [0.1, 0.15) is 6.10 Å². The minimum absolute atomic E-state index is 0.00158. The largest absolute Gasteiger partial charge is 0.369 e. The molecular weight excluding hydrogens is 314 g/mol. The molecule has 1 aromatic rings. The van der Waals surface area contributed by atoms with Crippen LogP contribution in [-0.4, -0.2) is 61.0 Å². The van der Waals surface area contributed by atoms with Gasteiger partial charge in [-0.25, -0.2) is 8.78 Å². The molecule has 6 heteroatoms. The number of hydrogen-bond donors (Lipinski definition) is 0. The van der Waals surface area contributed by atoms with Crippen molar-refractivity contribution < 1.29 is 18.3 Å². The molecule has 2 saturated heterocycles. The highest BCUT2D eigenvalue weighted by atomic mass is 19.3. The van der Waals surface area contributed by atoms with E-state index in [9.17, 15) is 13.6 Å². The number of likely N-dealkylation sites (tertiary alicyclic amines) is 1. The van der Waals surface area contributed by atoms with Crippen molar-refractivity contribution in [2.45, 2.75) is 31.9 Å². The fourth-order valence-corrected chi connectivity index (χ4v) is 3.53. The molecule has 132 valence electrons. The van der Waals surface area contributed by atoms with E-state index in [0.29, 0.717) is 13.1 Å². The van der Waals surface area contributed by atoms with E-state index >= 15 is 0 Å². The second-order valence-corrected chi connectivity index (χ2v) is 6.59. The second kappa shape index (κ2) is 8.03. The van der Waals surface area contributed by atoms with Crippen LogP contribution in [0.25, 0.3) is 0 Å². The number of benzene rings is 1. The molecule has 2 heterocycles. The van der Waals surface area contributed by atoms with Crippen molar-refractivity contribution in [3.05, 3.63) is 35.9 Å². The number of ether oxygens (including phenoxy) is 1. The first kappa shape index (κ1) is 17.3. The standard InChI is InChI=1S/C18H24F2N2O2/c19-17(20)16-13-22(9-10-24-16)18(23)15-7-4-8-21(12-15)11-14-5-2-1-3-6-14/h1-3,5-6,15-17H,4,7-13H2/t15-,16+/m1/s1. The Labute approximate surface area is 141 Å². The molecule has 0 N–H and O–H groups in total. The highest BCUT2D eigenvalue weighted by Gasteiger charge is 2.34. The number of morpholine rings is 1. The average molecular weight is 338 g/mol. The monoisotopic (exact) mass is 338 g/mol. The van der Waals surface area contributed by atoms with Crippen LogP contribution >= 0.6 is 0 Å². The van der Waals surface area contributed by atoms with Gasteiger partial charge < -0.3 is 9.64 Å². The lowest BCUT2D eigenvalue weighted by Gasteiger charge is -2.38. The third-order valence-electron chi connectivity index (χ3n) is 4.79. The van der Waals surface area contributed by atoms with Crippen LogP contribution in [0.5, 0.6) is 0 Å². The molecule has 2 fully saturated rings. The summed E-state index contributed by atoms with van der Waals surface area (Å²) in [5.41, 5.74) is 1.23. The van der Waals surface area contributed by atoms with E-state index in [0.717, 1.165) is 25.9 Å². The van der Waals surface area contributed by atoms with Crippen LogP contribution in [0.15, 0.2) is 30.3 Å². The third kappa shape index (κ3) is 4.30. The molecule has 1 amide bonds. The fourth-order valence-electron chi connectivity index (χ4n) is 3.53. The minimum atomic E-state index is -2.54. The summed E-state index contributed by atoms with van der Waals surface area (Å²) in [7, 11) is 0. The first-order chi connectivity index (χ1) is 11.6. The first-order valence-corrected chi connectivity index (χ1v) is 8.58. The number of halogens is 2. The summed E-state index contributed by atoms with van der Waals surface area (Å²) in [6, 6.07) is 10.2. The van der Waals surface area contributed by atoms with Gasteiger partial charge in [0, 0.05) is 19.6 Å². The molecule has 2 aliphatic heterocycles. The van der Waals surface area contributed by atoms with Gasteiger partial charge in [0.05, 0.1) is 19.1 Å². The lowest BCUT2D eigenvalue weighted by Crippen LogP contribution is -2.52. The molecule has 0 saturated carbocycles. The van der Waals surface area contributed by atoms with Gasteiger partial charge in [-0.15, -0.1) is 0 Å². The van der Waals surface area contributed by atoms with E-state index in [1.54, 1.807) is 4.90 Å². The number of alkyl halides is 2. The summed E-state index contributed by atoms with van der Waals surface area (Å²) in [5.74, 6) is -0.0967. The van der Waals surface area contributed by atoms with Gasteiger partial charge in [-0.2, -0.15) is 0 Å². The van der Waals surface area contributed by atoms with Crippen molar-refractivity contribution in [2.75, 3.05) is 32.8 Å². The Morgan fingerprint density at radius 2 is 2.00 bits per heavy atom. The van der Waals surface area contributed by atoms with Crippen molar-refractivity contribution in [1.29, 1.82) is 0 Å². The van der Waals surface area contributed by atoms with Crippen LogP contribution in [0.2, 0.25) is 0 Å². The Morgan fingerprint density at radius 3 is 2.75 bits per heavy atom. The number of amides is 1. The number of piperidine rings is 1. The molecule has 0 unspecified atom stereocenters. The zero-order valence-electron chi connectivity index (χ0n) is 13.7. The predicted molar refractivity (Wildman–Crippen MR) is 86.8 cm³/mol. The van der Waals surface area contributed by atoms with Crippen LogP contribution < -0.4 is 0 Å². The number of carbonyl (C=O) groups excluding carboxylic acids is 1. The molecule has 24 heavy (non-hydrogen) atoms. The maximum atomic E-state index is 12.8. The van der Waals surface area contributed by atoms with Crippen molar-refractivity contribution in [1.82, 2.24) is 9.80 Å². The Morgan fingerprint density at radius 1 is 1.21 bits per heavy atom. The summed E-state index contributed by atoms with van der Waals surface area (Å²) in [5, 5.41) is 0. The third-order valence-corrected chi connectivity index (χ3v) is 4.79. The van der Waals surface area contributed by atoms with Gasteiger partial charge in [-0.05, 0) is 24.9 Å². The van der Waals surface area contributed by atoms with Crippen molar-refractivity contribution in [3.8, 4) is 0 Å². The van der Waals surface area contributed by atoms with E-state index in [4.69, 9.17) is 4.74 Å². The van der Waals surface area contributed by atoms with E-state index in [1.807, 2.05) is 18.2 Å². The van der Waals surface area contributed by atoms with Gasteiger partial charge in [0.25, 0.3) is 6.43 Å². The van der Waals surface area contributed by atoms with Crippen LogP contribution in [0.4, 0.5) is 8.78 Å². The highest BCUT2D eigenvalue weighted by molar-refractivity contribution is 5.79. The smallest absolute Gasteiger partial charge is 0.266 e. The van der Waals surface area contributed by atoms with Gasteiger partial charge >= 0.3 is 0 Å². The van der Waals surface area contributed by atoms with Crippen LogP contribution in [0, 0.1) is 5.92 Å². The van der Waals surface area contributed by atoms with Crippen LogP contribution in [-0.2, 0) is 16.1 Å². The van der Waals surface area contributed by atoms with Crippen molar-refractivity contribution in [2.24, 2.45) is 5.92 Å². The molecule has 3 rings (SSSR count). The topological polar surface area (TPSA) is 32.8 Å². The Balaban J connectivity index is 1.56. The van der Waals surface area contributed by atoms with Crippen molar-refractivity contribution in [3.63, 3.8) is 0 Å². The normalized spacial score (nSPS) is 25.9. The van der Waals surface area contributed by atoms with E-state index in [-0.39, 0.29) is 25.0 Å². The highest BCUT2D eigenvalue weighted by Crippen LogP contribution is 2.22. The van der Waals surface area contributed by atoms with E-state index in [1.165, 1.54) is 5.56 Å². The molecule has 2 atom stereocenters. The number of carbonyl (C=O) groups is 1. The van der Waals surface area contributed by atoms with Crippen molar-refractivity contribution >= 4 is 5.91 Å². The lowest BCUT2D eigenvalue weighted by atomic mass is 9.95. The molecule has 0 spiro atoms. The maximum Gasteiger partial charge on any atom is 0.266 e. The summed E-state index contributed by atoms with van der Waals surface area (Å²) in [6.07, 6.45) is -1.89. The van der Waals surface area contributed by atoms with Crippen LogP contribution in [0.3, 0.4) is 0 Å². The molecule has 1 aromatic carbocycles. The number of rotatable bonds is 4. The summed E-state index contributed by atoms with van der Waals surface area (Å²) in [6.45, 7) is 3.11. The summed E-state index contributed by atoms with van der Waals surface area (Å²) >= 11 is 0. The molecule has 0 aromatic heterocycles. The number of hydrogen-bond acceptors (Lipinski definition) is 3. The maximum absolute atomic E-state index is 12.8. The second-order valence-electron chi connectivity index (χ2n) is 6.59. The van der Waals surface area contributed by atoms with E-state index < -0.39 is 12.5 Å². The molecule has 0 bridgehead atoms. The predicted octanol–water partition coefficient (Wildman–Crippen LogP) is 2.39. The average Bonchev–Trinajstić information content (AvgIpc) is 2.62. The van der Waals surface area contributed by atoms with E-state index in [2.05, 4.69) is 17.0 Å². The number of nitrogens with zero attached hydrogens (tertiary/aromatic N) is 2. The minimum Gasteiger partial charge on any atom is -0.369 e.